The standard InChI is InChI=1S/C15H20F2N2O3S/c1-3-23(21,22)18(2)11-7-9-19(10-8-11)15(20)14-12(16)5-4-6-13(14)17/h4-6,11H,3,7-10H2,1-2H3. The maximum absolute atomic E-state index is 13.7. The SMILES string of the molecule is CCS(=O)(=O)N(C)C1CCN(C(=O)c2c(F)cccc2F)CC1. The summed E-state index contributed by atoms with van der Waals surface area (Å²) < 4.78 is 52.4. The van der Waals surface area contributed by atoms with E-state index in [4.69, 9.17) is 0 Å². The van der Waals surface area contributed by atoms with Crippen LogP contribution in [0.3, 0.4) is 0 Å². The molecule has 2 rings (SSSR count). The van der Waals surface area contributed by atoms with Crippen molar-refractivity contribution in [3.8, 4) is 0 Å². The van der Waals surface area contributed by atoms with Crippen molar-refractivity contribution >= 4 is 15.9 Å². The Labute approximate surface area is 134 Å². The molecule has 128 valence electrons. The summed E-state index contributed by atoms with van der Waals surface area (Å²) in [5.41, 5.74) is -0.555. The first-order valence-corrected chi connectivity index (χ1v) is 9.07. The molecular weight excluding hydrogens is 326 g/mol. The number of carbonyl (C=O) groups excluding carboxylic acids is 1. The predicted molar refractivity (Wildman–Crippen MR) is 82.5 cm³/mol. The molecule has 23 heavy (non-hydrogen) atoms. The fourth-order valence-corrected chi connectivity index (χ4v) is 3.80. The summed E-state index contributed by atoms with van der Waals surface area (Å²) in [6, 6.07) is 3.10. The van der Waals surface area contributed by atoms with Crippen molar-refractivity contribution < 1.29 is 22.0 Å². The number of piperidine rings is 1. The lowest BCUT2D eigenvalue weighted by Crippen LogP contribution is -2.47. The Morgan fingerprint density at radius 1 is 1.26 bits per heavy atom. The number of carbonyl (C=O) groups is 1. The van der Waals surface area contributed by atoms with Crippen molar-refractivity contribution in [2.24, 2.45) is 0 Å². The van der Waals surface area contributed by atoms with Crippen molar-refractivity contribution in [3.63, 3.8) is 0 Å². The Hall–Kier alpha value is -1.54. The molecule has 1 fully saturated rings. The fourth-order valence-electron chi connectivity index (χ4n) is 2.72. The summed E-state index contributed by atoms with van der Waals surface area (Å²) >= 11 is 0. The van der Waals surface area contributed by atoms with Gasteiger partial charge < -0.3 is 4.90 Å². The topological polar surface area (TPSA) is 57.7 Å². The molecule has 0 N–H and O–H groups in total. The summed E-state index contributed by atoms with van der Waals surface area (Å²) in [4.78, 5) is 13.7. The van der Waals surface area contributed by atoms with Crippen molar-refractivity contribution in [2.45, 2.75) is 25.8 Å². The van der Waals surface area contributed by atoms with Gasteiger partial charge in [-0.1, -0.05) is 6.07 Å². The van der Waals surface area contributed by atoms with Crippen LogP contribution in [0.2, 0.25) is 0 Å². The molecule has 1 amide bonds. The van der Waals surface area contributed by atoms with Gasteiger partial charge >= 0.3 is 0 Å². The largest absolute Gasteiger partial charge is 0.338 e. The van der Waals surface area contributed by atoms with Crippen LogP contribution in [0.25, 0.3) is 0 Å². The van der Waals surface area contributed by atoms with Gasteiger partial charge in [-0.15, -0.1) is 0 Å². The molecule has 5 nitrogen and oxygen atoms in total. The molecule has 0 saturated carbocycles. The molecule has 1 aromatic rings. The van der Waals surface area contributed by atoms with Crippen LogP contribution in [-0.4, -0.2) is 55.5 Å². The summed E-state index contributed by atoms with van der Waals surface area (Å²) in [5.74, 6) is -2.45. The van der Waals surface area contributed by atoms with E-state index in [0.717, 1.165) is 12.1 Å². The molecule has 0 aliphatic carbocycles. The second-order valence-electron chi connectivity index (χ2n) is 5.54. The molecule has 0 spiro atoms. The highest BCUT2D eigenvalue weighted by Gasteiger charge is 2.31. The third-order valence-corrected chi connectivity index (χ3v) is 6.15. The van der Waals surface area contributed by atoms with E-state index in [1.54, 1.807) is 6.92 Å². The third-order valence-electron chi connectivity index (χ3n) is 4.25. The van der Waals surface area contributed by atoms with Gasteiger partial charge in [-0.25, -0.2) is 21.5 Å². The first kappa shape index (κ1) is 17.8. The smallest absolute Gasteiger partial charge is 0.259 e. The maximum atomic E-state index is 13.7. The first-order chi connectivity index (χ1) is 10.8. The van der Waals surface area contributed by atoms with Crippen molar-refractivity contribution in [1.82, 2.24) is 9.21 Å². The minimum atomic E-state index is -3.29. The number of amides is 1. The monoisotopic (exact) mass is 346 g/mol. The Morgan fingerprint density at radius 3 is 2.26 bits per heavy atom. The lowest BCUT2D eigenvalue weighted by atomic mass is 10.0. The normalized spacial score (nSPS) is 16.8. The van der Waals surface area contributed by atoms with Gasteiger partial charge in [-0.2, -0.15) is 0 Å². The Kier molecular flexibility index (Phi) is 5.36. The molecule has 1 saturated heterocycles. The van der Waals surface area contributed by atoms with Gasteiger partial charge in [-0.05, 0) is 31.9 Å². The summed E-state index contributed by atoms with van der Waals surface area (Å²) in [7, 11) is -1.77. The van der Waals surface area contributed by atoms with Crippen LogP contribution in [0.15, 0.2) is 18.2 Å². The van der Waals surface area contributed by atoms with Gasteiger partial charge in [0.1, 0.15) is 17.2 Å². The number of hydrogen-bond donors (Lipinski definition) is 0. The molecule has 0 bridgehead atoms. The second kappa shape index (κ2) is 6.92. The number of rotatable bonds is 4. The minimum Gasteiger partial charge on any atom is -0.338 e. The van der Waals surface area contributed by atoms with Crippen LogP contribution in [0.5, 0.6) is 0 Å². The molecule has 1 aliphatic rings. The first-order valence-electron chi connectivity index (χ1n) is 7.47. The Bertz CT molecular complexity index is 666. The highest BCUT2D eigenvalue weighted by Crippen LogP contribution is 2.21. The van der Waals surface area contributed by atoms with E-state index in [0.29, 0.717) is 12.8 Å². The lowest BCUT2D eigenvalue weighted by molar-refractivity contribution is 0.0676. The zero-order valence-corrected chi connectivity index (χ0v) is 13.9. The average molecular weight is 346 g/mol. The van der Waals surface area contributed by atoms with Gasteiger partial charge in [0.15, 0.2) is 0 Å². The van der Waals surface area contributed by atoms with Crippen LogP contribution < -0.4 is 0 Å². The van der Waals surface area contributed by atoms with Crippen LogP contribution in [0.4, 0.5) is 8.78 Å². The number of benzene rings is 1. The minimum absolute atomic E-state index is 0.0169. The molecular formula is C15H20F2N2O3S. The number of hydrogen-bond acceptors (Lipinski definition) is 3. The van der Waals surface area contributed by atoms with Crippen LogP contribution in [0.1, 0.15) is 30.1 Å². The zero-order valence-electron chi connectivity index (χ0n) is 13.1. The molecule has 1 aromatic carbocycles. The van der Waals surface area contributed by atoms with Gasteiger partial charge in [0.05, 0.1) is 5.75 Å². The van der Waals surface area contributed by atoms with E-state index in [-0.39, 0.29) is 24.9 Å². The number of halogens is 2. The quantitative estimate of drug-likeness (QED) is 0.836. The molecule has 1 heterocycles. The summed E-state index contributed by atoms with van der Waals surface area (Å²) in [6.45, 7) is 2.10. The highest BCUT2D eigenvalue weighted by molar-refractivity contribution is 7.89. The molecule has 0 radical (unpaired) electrons. The fraction of sp³-hybridized carbons (Fsp3) is 0.533. The third kappa shape index (κ3) is 3.69. The van der Waals surface area contributed by atoms with Crippen molar-refractivity contribution in [3.05, 3.63) is 35.4 Å². The number of likely N-dealkylation sites (tertiary alicyclic amines) is 1. The van der Waals surface area contributed by atoms with Crippen LogP contribution in [-0.2, 0) is 10.0 Å². The van der Waals surface area contributed by atoms with E-state index in [1.807, 2.05) is 0 Å². The molecule has 0 unspecified atom stereocenters. The highest BCUT2D eigenvalue weighted by atomic mass is 32.2. The van der Waals surface area contributed by atoms with Gasteiger partial charge in [0, 0.05) is 26.2 Å². The molecule has 8 heteroatoms. The van der Waals surface area contributed by atoms with Gasteiger partial charge in [-0.3, -0.25) is 4.79 Å². The average Bonchev–Trinajstić information content (AvgIpc) is 2.54. The van der Waals surface area contributed by atoms with E-state index < -0.39 is 33.1 Å². The van der Waals surface area contributed by atoms with E-state index in [2.05, 4.69) is 0 Å². The number of sulfonamides is 1. The summed E-state index contributed by atoms with van der Waals surface area (Å²) in [6.07, 6.45) is 0.884. The predicted octanol–water partition coefficient (Wildman–Crippen LogP) is 1.85. The molecule has 0 atom stereocenters. The Balaban J connectivity index is 2.06. The van der Waals surface area contributed by atoms with Crippen LogP contribution >= 0.6 is 0 Å². The number of nitrogens with zero attached hydrogens (tertiary/aromatic N) is 2. The van der Waals surface area contributed by atoms with E-state index in [9.17, 15) is 22.0 Å². The zero-order chi connectivity index (χ0) is 17.2. The van der Waals surface area contributed by atoms with Gasteiger partial charge in [0.25, 0.3) is 5.91 Å². The molecule has 0 aromatic heterocycles. The van der Waals surface area contributed by atoms with E-state index in [1.165, 1.54) is 22.3 Å². The van der Waals surface area contributed by atoms with Crippen molar-refractivity contribution in [1.29, 1.82) is 0 Å². The Morgan fingerprint density at radius 2 is 1.78 bits per heavy atom. The van der Waals surface area contributed by atoms with Crippen molar-refractivity contribution in [2.75, 3.05) is 25.9 Å². The molecule has 1 aliphatic heterocycles. The lowest BCUT2D eigenvalue weighted by Gasteiger charge is -2.36. The van der Waals surface area contributed by atoms with E-state index >= 15 is 0 Å². The summed E-state index contributed by atoms with van der Waals surface area (Å²) in [5, 5.41) is 0. The van der Waals surface area contributed by atoms with Gasteiger partial charge in [0.2, 0.25) is 10.0 Å². The van der Waals surface area contributed by atoms with Crippen LogP contribution in [0, 0.1) is 11.6 Å². The second-order valence-corrected chi connectivity index (χ2v) is 7.85. The maximum Gasteiger partial charge on any atom is 0.259 e.